The number of rotatable bonds is 7. The first kappa shape index (κ1) is 22.6. The Morgan fingerprint density at radius 3 is 2.72 bits per heavy atom. The number of nitrogens with one attached hydrogen (secondary N) is 1. The number of hydrogen-bond donors (Lipinski definition) is 1. The van der Waals surface area contributed by atoms with Crippen LogP contribution in [0.25, 0.3) is 0 Å². The predicted molar refractivity (Wildman–Crippen MR) is 125 cm³/mol. The molecule has 6 nitrogen and oxygen atoms in total. The lowest BCUT2D eigenvalue weighted by Crippen LogP contribution is -2.52. The summed E-state index contributed by atoms with van der Waals surface area (Å²) in [6.45, 7) is 5.33. The first-order valence-electron chi connectivity index (χ1n) is 11.7. The van der Waals surface area contributed by atoms with E-state index < -0.39 is 0 Å². The summed E-state index contributed by atoms with van der Waals surface area (Å²) in [5.74, 6) is 0.867. The third-order valence-corrected chi connectivity index (χ3v) is 6.44. The number of hydrogen-bond acceptors (Lipinski definition) is 4. The van der Waals surface area contributed by atoms with Gasteiger partial charge in [-0.3, -0.25) is 0 Å². The Hall–Kier alpha value is -2.57. The van der Waals surface area contributed by atoms with Gasteiger partial charge in [-0.15, -0.1) is 0 Å². The highest BCUT2D eigenvalue weighted by Gasteiger charge is 2.41. The van der Waals surface area contributed by atoms with E-state index in [1.54, 1.807) is 0 Å². The van der Waals surface area contributed by atoms with Gasteiger partial charge < -0.3 is 24.4 Å². The molecule has 1 N–H and O–H groups in total. The van der Waals surface area contributed by atoms with Gasteiger partial charge in [0.05, 0.1) is 18.3 Å². The summed E-state index contributed by atoms with van der Waals surface area (Å²) in [4.78, 5) is 14.6. The fourth-order valence-corrected chi connectivity index (χ4v) is 4.55. The number of carbonyl (C=O) groups is 1. The third-order valence-electron chi connectivity index (χ3n) is 6.44. The van der Waals surface area contributed by atoms with E-state index in [9.17, 15) is 4.79 Å². The van der Waals surface area contributed by atoms with Crippen LogP contribution in [0.1, 0.15) is 38.2 Å². The summed E-state index contributed by atoms with van der Waals surface area (Å²) in [7, 11) is 0. The molecule has 2 aromatic carbocycles. The summed E-state index contributed by atoms with van der Waals surface area (Å²) in [5.41, 5.74) is 1.90. The van der Waals surface area contributed by atoms with Gasteiger partial charge in [-0.05, 0) is 55.5 Å². The molecule has 2 aromatic rings. The lowest BCUT2D eigenvalue weighted by molar-refractivity contribution is -0.153. The van der Waals surface area contributed by atoms with Gasteiger partial charge in [-0.25, -0.2) is 4.79 Å². The average molecular weight is 439 g/mol. The zero-order chi connectivity index (χ0) is 22.2. The fraction of sp³-hybridized carbons (Fsp3) is 0.500. The Labute approximate surface area is 190 Å². The van der Waals surface area contributed by atoms with Crippen LogP contribution >= 0.6 is 0 Å². The number of nitrogens with zero attached hydrogens (tertiary/aromatic N) is 1. The predicted octanol–water partition coefficient (Wildman–Crippen LogP) is 4.89. The van der Waals surface area contributed by atoms with Crippen LogP contribution in [0.3, 0.4) is 0 Å². The molecule has 0 aliphatic carbocycles. The van der Waals surface area contributed by atoms with Gasteiger partial charge >= 0.3 is 6.03 Å². The SMILES string of the molecule is CCc1cccc(NC(=O)N2CCC3(CC2)CC(OCCOc2ccccc2)CCO3)c1. The minimum atomic E-state index is -0.178. The van der Waals surface area contributed by atoms with Crippen molar-refractivity contribution in [1.82, 2.24) is 4.90 Å². The summed E-state index contributed by atoms with van der Waals surface area (Å²) in [6.07, 6.45) is 4.61. The zero-order valence-corrected chi connectivity index (χ0v) is 18.9. The lowest BCUT2D eigenvalue weighted by atomic mass is 9.83. The quantitative estimate of drug-likeness (QED) is 0.626. The van der Waals surface area contributed by atoms with Crippen molar-refractivity contribution in [2.24, 2.45) is 0 Å². The van der Waals surface area contributed by atoms with Crippen molar-refractivity contribution >= 4 is 11.7 Å². The lowest BCUT2D eigenvalue weighted by Gasteiger charge is -2.46. The number of ether oxygens (including phenoxy) is 3. The second-order valence-corrected chi connectivity index (χ2v) is 8.65. The molecule has 4 rings (SSSR count). The van der Waals surface area contributed by atoms with Crippen LogP contribution in [0.2, 0.25) is 0 Å². The topological polar surface area (TPSA) is 60.0 Å². The number of para-hydroxylation sites is 1. The summed E-state index contributed by atoms with van der Waals surface area (Å²) in [5, 5.41) is 3.04. The minimum absolute atomic E-state index is 0.0326. The van der Waals surface area contributed by atoms with E-state index >= 15 is 0 Å². The van der Waals surface area contributed by atoms with Crippen LogP contribution in [-0.2, 0) is 15.9 Å². The van der Waals surface area contributed by atoms with Crippen molar-refractivity contribution in [1.29, 1.82) is 0 Å². The second-order valence-electron chi connectivity index (χ2n) is 8.65. The Balaban J connectivity index is 1.21. The van der Waals surface area contributed by atoms with Gasteiger partial charge in [-0.1, -0.05) is 37.3 Å². The van der Waals surface area contributed by atoms with Crippen LogP contribution in [0.15, 0.2) is 54.6 Å². The van der Waals surface area contributed by atoms with E-state index in [0.717, 1.165) is 43.5 Å². The van der Waals surface area contributed by atoms with E-state index in [4.69, 9.17) is 14.2 Å². The molecule has 1 atom stereocenters. The number of amides is 2. The van der Waals surface area contributed by atoms with Crippen LogP contribution in [0.4, 0.5) is 10.5 Å². The molecule has 0 bridgehead atoms. The highest BCUT2D eigenvalue weighted by molar-refractivity contribution is 5.89. The number of carbonyl (C=O) groups excluding carboxylic acids is 1. The van der Waals surface area contributed by atoms with Crippen LogP contribution < -0.4 is 10.1 Å². The molecular weight excluding hydrogens is 404 g/mol. The number of urea groups is 1. The van der Waals surface area contributed by atoms with Gasteiger partial charge in [0.2, 0.25) is 0 Å². The zero-order valence-electron chi connectivity index (χ0n) is 18.9. The Bertz CT molecular complexity index is 865. The molecule has 32 heavy (non-hydrogen) atoms. The molecule has 2 heterocycles. The molecule has 0 saturated carbocycles. The number of benzene rings is 2. The van der Waals surface area contributed by atoms with Crippen molar-refractivity contribution in [2.75, 3.05) is 38.2 Å². The van der Waals surface area contributed by atoms with Crippen molar-refractivity contribution in [3.8, 4) is 5.75 Å². The number of piperidine rings is 1. The molecule has 0 aromatic heterocycles. The van der Waals surface area contributed by atoms with Gasteiger partial charge in [0.1, 0.15) is 12.4 Å². The number of likely N-dealkylation sites (tertiary alicyclic amines) is 1. The normalized spacial score (nSPS) is 20.2. The maximum Gasteiger partial charge on any atom is 0.321 e. The van der Waals surface area contributed by atoms with Crippen LogP contribution in [0, 0.1) is 0 Å². The molecule has 1 spiro atoms. The van der Waals surface area contributed by atoms with E-state index in [2.05, 4.69) is 18.3 Å². The Kier molecular flexibility index (Phi) is 7.66. The number of aryl methyl sites for hydroxylation is 1. The van der Waals surface area contributed by atoms with E-state index in [1.165, 1.54) is 5.56 Å². The third kappa shape index (κ3) is 6.02. The van der Waals surface area contributed by atoms with E-state index in [0.29, 0.717) is 32.9 Å². The molecule has 0 radical (unpaired) electrons. The fourth-order valence-electron chi connectivity index (χ4n) is 4.55. The molecule has 6 heteroatoms. The molecule has 2 amide bonds. The van der Waals surface area contributed by atoms with E-state index in [1.807, 2.05) is 53.4 Å². The molecule has 1 unspecified atom stereocenters. The molecule has 2 saturated heterocycles. The maximum atomic E-state index is 12.7. The first-order valence-corrected chi connectivity index (χ1v) is 11.7. The van der Waals surface area contributed by atoms with Gasteiger partial charge in [-0.2, -0.15) is 0 Å². The molecule has 2 aliphatic heterocycles. The largest absolute Gasteiger partial charge is 0.491 e. The van der Waals surface area contributed by atoms with Crippen molar-refractivity contribution in [3.05, 3.63) is 60.2 Å². The van der Waals surface area contributed by atoms with Crippen molar-refractivity contribution in [3.63, 3.8) is 0 Å². The Morgan fingerprint density at radius 1 is 1.12 bits per heavy atom. The van der Waals surface area contributed by atoms with E-state index in [-0.39, 0.29) is 17.7 Å². The second kappa shape index (κ2) is 10.8. The average Bonchev–Trinajstić information content (AvgIpc) is 2.83. The van der Waals surface area contributed by atoms with Gasteiger partial charge in [0.15, 0.2) is 0 Å². The molecule has 172 valence electrons. The highest BCUT2D eigenvalue weighted by Crippen LogP contribution is 2.36. The van der Waals surface area contributed by atoms with Gasteiger partial charge in [0.25, 0.3) is 0 Å². The molecule has 2 fully saturated rings. The van der Waals surface area contributed by atoms with Crippen LogP contribution in [0.5, 0.6) is 5.75 Å². The standard InChI is InChI=1S/C26H34N2O4/c1-2-21-7-6-8-22(19-21)27-25(29)28-14-12-26(13-15-28)20-24(11-16-32-26)31-18-17-30-23-9-4-3-5-10-23/h3-10,19,24H,2,11-18,20H2,1H3,(H,27,29). The van der Waals surface area contributed by atoms with Crippen molar-refractivity contribution in [2.45, 2.75) is 50.7 Å². The molecule has 2 aliphatic rings. The minimum Gasteiger partial charge on any atom is -0.491 e. The molecular formula is C26H34N2O4. The number of anilines is 1. The van der Waals surface area contributed by atoms with Crippen molar-refractivity contribution < 1.29 is 19.0 Å². The summed E-state index contributed by atoms with van der Waals surface area (Å²) in [6, 6.07) is 17.8. The van der Waals surface area contributed by atoms with Crippen LogP contribution in [-0.4, -0.2) is 55.5 Å². The highest BCUT2D eigenvalue weighted by atomic mass is 16.5. The Morgan fingerprint density at radius 2 is 1.94 bits per heavy atom. The first-order chi connectivity index (χ1) is 15.7. The monoisotopic (exact) mass is 438 g/mol. The van der Waals surface area contributed by atoms with Gasteiger partial charge in [0, 0.05) is 31.8 Å². The summed E-state index contributed by atoms with van der Waals surface area (Å²) >= 11 is 0. The summed E-state index contributed by atoms with van der Waals surface area (Å²) < 4.78 is 18.1. The smallest absolute Gasteiger partial charge is 0.321 e. The maximum absolute atomic E-state index is 12.7.